The Hall–Kier alpha value is -2.30. The van der Waals surface area contributed by atoms with E-state index < -0.39 is 10.0 Å². The molecule has 2 rings (SSSR count). The highest BCUT2D eigenvalue weighted by molar-refractivity contribution is 7.89. The predicted molar refractivity (Wildman–Crippen MR) is 76.7 cm³/mol. The highest BCUT2D eigenvalue weighted by atomic mass is 32.2. The molecule has 0 aliphatic carbocycles. The lowest BCUT2D eigenvalue weighted by atomic mass is 10.2. The van der Waals surface area contributed by atoms with Crippen LogP contribution in [0.4, 0.5) is 0 Å². The number of benzene rings is 1. The van der Waals surface area contributed by atoms with Gasteiger partial charge in [-0.15, -0.1) is 0 Å². The van der Waals surface area contributed by atoms with Gasteiger partial charge in [0.05, 0.1) is 40.7 Å². The van der Waals surface area contributed by atoms with Crippen LogP contribution in [0.25, 0.3) is 0 Å². The van der Waals surface area contributed by atoms with Gasteiger partial charge in [-0.1, -0.05) is 6.07 Å². The van der Waals surface area contributed by atoms with Crippen molar-refractivity contribution in [2.75, 3.05) is 0 Å². The Bertz CT molecular complexity index is 793. The van der Waals surface area contributed by atoms with Crippen molar-refractivity contribution >= 4 is 10.0 Å². The van der Waals surface area contributed by atoms with Crippen molar-refractivity contribution < 1.29 is 8.42 Å². The fraction of sp³-hybridized carbons (Fsp3) is 0.214. The molecule has 0 atom stereocenters. The van der Waals surface area contributed by atoms with Crippen LogP contribution >= 0.6 is 0 Å². The van der Waals surface area contributed by atoms with Crippen LogP contribution in [0.15, 0.2) is 35.5 Å². The normalized spacial score (nSPS) is 11.1. The third-order valence-corrected chi connectivity index (χ3v) is 4.43. The van der Waals surface area contributed by atoms with E-state index in [2.05, 4.69) is 14.7 Å². The second-order valence-electron chi connectivity index (χ2n) is 4.57. The van der Waals surface area contributed by atoms with E-state index in [9.17, 15) is 8.42 Å². The predicted octanol–water partition coefficient (Wildman–Crippen LogP) is 1.44. The highest BCUT2D eigenvalue weighted by Crippen LogP contribution is 2.16. The Morgan fingerprint density at radius 1 is 1.24 bits per heavy atom. The monoisotopic (exact) mass is 302 g/mol. The first kappa shape index (κ1) is 15.1. The van der Waals surface area contributed by atoms with Gasteiger partial charge in [0.15, 0.2) is 0 Å². The largest absolute Gasteiger partial charge is 0.258 e. The molecule has 0 spiro atoms. The molecule has 0 aliphatic rings. The molecule has 0 saturated heterocycles. The number of rotatable bonds is 4. The third kappa shape index (κ3) is 3.62. The molecule has 0 fully saturated rings. The van der Waals surface area contributed by atoms with E-state index in [0.29, 0.717) is 16.8 Å². The summed E-state index contributed by atoms with van der Waals surface area (Å²) in [6.07, 6.45) is 3.10. The van der Waals surface area contributed by atoms with Crippen LogP contribution < -0.4 is 4.72 Å². The summed E-state index contributed by atoms with van der Waals surface area (Å²) in [6.45, 7) is 3.53. The van der Waals surface area contributed by atoms with E-state index in [0.717, 1.165) is 5.69 Å². The quantitative estimate of drug-likeness (QED) is 0.922. The van der Waals surface area contributed by atoms with E-state index in [1.54, 1.807) is 32.2 Å². The minimum Gasteiger partial charge on any atom is -0.258 e. The van der Waals surface area contributed by atoms with E-state index >= 15 is 0 Å². The fourth-order valence-electron chi connectivity index (χ4n) is 1.72. The number of hydrogen-bond acceptors (Lipinski definition) is 5. The molecule has 1 N–H and O–H groups in total. The first-order valence-electron chi connectivity index (χ1n) is 6.20. The van der Waals surface area contributed by atoms with Crippen LogP contribution in [-0.4, -0.2) is 18.4 Å². The van der Waals surface area contributed by atoms with E-state index in [4.69, 9.17) is 5.26 Å². The first-order chi connectivity index (χ1) is 9.92. The standard InChI is InChI=1S/C14H14N4O2S/c1-10-3-4-12(6-15)5-14(10)21(19,20)18-9-13-8-16-11(2)7-17-13/h3-5,7-8,18H,9H2,1-2H3. The van der Waals surface area contributed by atoms with Crippen LogP contribution in [-0.2, 0) is 16.6 Å². The average molecular weight is 302 g/mol. The number of nitriles is 1. The van der Waals surface area contributed by atoms with Crippen molar-refractivity contribution in [2.24, 2.45) is 0 Å². The third-order valence-electron chi connectivity index (χ3n) is 2.88. The smallest absolute Gasteiger partial charge is 0.241 e. The molecule has 7 heteroatoms. The van der Waals surface area contributed by atoms with Crippen LogP contribution in [0.2, 0.25) is 0 Å². The maximum absolute atomic E-state index is 12.3. The molecule has 0 unspecified atom stereocenters. The lowest BCUT2D eigenvalue weighted by molar-refractivity contribution is 0.579. The molecule has 108 valence electrons. The Labute approximate surface area is 123 Å². The van der Waals surface area contributed by atoms with Gasteiger partial charge in [0.1, 0.15) is 0 Å². The van der Waals surface area contributed by atoms with Crippen molar-refractivity contribution in [3.63, 3.8) is 0 Å². The Morgan fingerprint density at radius 2 is 2.00 bits per heavy atom. The number of aromatic nitrogens is 2. The van der Waals surface area contributed by atoms with Crippen LogP contribution in [0.3, 0.4) is 0 Å². The SMILES string of the molecule is Cc1cnc(CNS(=O)(=O)c2cc(C#N)ccc2C)cn1. The number of nitrogens with zero attached hydrogens (tertiary/aromatic N) is 3. The van der Waals surface area contributed by atoms with Crippen LogP contribution in [0, 0.1) is 25.2 Å². The molecule has 0 amide bonds. The van der Waals surface area contributed by atoms with Crippen molar-refractivity contribution in [2.45, 2.75) is 25.3 Å². The van der Waals surface area contributed by atoms with E-state index in [1.165, 1.54) is 12.3 Å². The van der Waals surface area contributed by atoms with E-state index in [-0.39, 0.29) is 11.4 Å². The van der Waals surface area contributed by atoms with Gasteiger partial charge in [0.25, 0.3) is 0 Å². The molecule has 21 heavy (non-hydrogen) atoms. The number of aryl methyl sites for hydroxylation is 2. The van der Waals surface area contributed by atoms with Crippen molar-refractivity contribution in [1.29, 1.82) is 5.26 Å². The van der Waals surface area contributed by atoms with Gasteiger partial charge in [0.2, 0.25) is 10.0 Å². The molecular formula is C14H14N4O2S. The van der Waals surface area contributed by atoms with Gasteiger partial charge in [-0.05, 0) is 31.5 Å². The zero-order valence-corrected chi connectivity index (χ0v) is 12.5. The molecule has 0 radical (unpaired) electrons. The van der Waals surface area contributed by atoms with Gasteiger partial charge < -0.3 is 0 Å². The zero-order valence-electron chi connectivity index (χ0n) is 11.7. The van der Waals surface area contributed by atoms with Crippen molar-refractivity contribution in [1.82, 2.24) is 14.7 Å². The molecule has 1 aromatic carbocycles. The Morgan fingerprint density at radius 3 is 2.62 bits per heavy atom. The van der Waals surface area contributed by atoms with Crippen molar-refractivity contribution in [3.05, 3.63) is 53.1 Å². The molecule has 0 aliphatic heterocycles. The van der Waals surface area contributed by atoms with Crippen molar-refractivity contribution in [3.8, 4) is 6.07 Å². The summed E-state index contributed by atoms with van der Waals surface area (Å²) >= 11 is 0. The molecule has 2 aromatic rings. The molecule has 6 nitrogen and oxygen atoms in total. The lowest BCUT2D eigenvalue weighted by Crippen LogP contribution is -2.24. The highest BCUT2D eigenvalue weighted by Gasteiger charge is 2.17. The summed E-state index contributed by atoms with van der Waals surface area (Å²) in [6, 6.07) is 6.48. The molecule has 1 aromatic heterocycles. The molecule has 0 bridgehead atoms. The molecule has 1 heterocycles. The summed E-state index contributed by atoms with van der Waals surface area (Å²) in [5.74, 6) is 0. The maximum Gasteiger partial charge on any atom is 0.241 e. The molecule has 0 saturated carbocycles. The first-order valence-corrected chi connectivity index (χ1v) is 7.68. The summed E-state index contributed by atoms with van der Waals surface area (Å²) in [5, 5.41) is 8.87. The maximum atomic E-state index is 12.3. The Kier molecular flexibility index (Phi) is 4.31. The van der Waals surface area contributed by atoms with Crippen LogP contribution in [0.5, 0.6) is 0 Å². The average Bonchev–Trinajstić information content (AvgIpc) is 2.47. The summed E-state index contributed by atoms with van der Waals surface area (Å²) in [5.41, 5.74) is 2.17. The number of hydrogen-bond donors (Lipinski definition) is 1. The fourth-order valence-corrected chi connectivity index (χ4v) is 2.98. The molecular weight excluding hydrogens is 288 g/mol. The topological polar surface area (TPSA) is 95.7 Å². The van der Waals surface area contributed by atoms with Crippen LogP contribution in [0.1, 0.15) is 22.5 Å². The van der Waals surface area contributed by atoms with Gasteiger partial charge in [0, 0.05) is 6.20 Å². The zero-order chi connectivity index (χ0) is 15.5. The van der Waals surface area contributed by atoms with Gasteiger partial charge >= 0.3 is 0 Å². The van der Waals surface area contributed by atoms with Gasteiger partial charge in [-0.2, -0.15) is 5.26 Å². The minimum atomic E-state index is -3.70. The lowest BCUT2D eigenvalue weighted by Gasteiger charge is -2.09. The minimum absolute atomic E-state index is 0.0475. The number of sulfonamides is 1. The summed E-state index contributed by atoms with van der Waals surface area (Å²) in [4.78, 5) is 8.25. The van der Waals surface area contributed by atoms with Gasteiger partial charge in [-0.3, -0.25) is 9.97 Å². The Balaban J connectivity index is 2.23. The second-order valence-corrected chi connectivity index (χ2v) is 6.30. The second kappa shape index (κ2) is 5.99. The number of nitrogens with one attached hydrogen (secondary N) is 1. The van der Waals surface area contributed by atoms with Gasteiger partial charge in [-0.25, -0.2) is 13.1 Å². The summed E-state index contributed by atoms with van der Waals surface area (Å²) < 4.78 is 27.0. The van der Waals surface area contributed by atoms with E-state index in [1.807, 2.05) is 6.07 Å². The summed E-state index contributed by atoms with van der Waals surface area (Å²) in [7, 11) is -3.70.